The molecule has 0 fully saturated rings. The maximum Gasteiger partial charge on any atom is 0.278 e. The molecule has 0 bridgehead atoms. The lowest BCUT2D eigenvalue weighted by Gasteiger charge is -2.16. The summed E-state index contributed by atoms with van der Waals surface area (Å²) in [6.45, 7) is 7.34. The number of hydrogen-bond acceptors (Lipinski definition) is 6. The first kappa shape index (κ1) is 24.1. The van der Waals surface area contributed by atoms with E-state index in [1.165, 1.54) is 29.2 Å². The smallest absolute Gasteiger partial charge is 0.278 e. The summed E-state index contributed by atoms with van der Waals surface area (Å²) in [6.07, 6.45) is 2.54. The van der Waals surface area contributed by atoms with Crippen molar-refractivity contribution in [3.63, 3.8) is 0 Å². The van der Waals surface area contributed by atoms with Gasteiger partial charge >= 0.3 is 0 Å². The standard InChI is InChI=1S/C25H29N3O5/c1-4-5-14-33-15-6-13-27-24(29)22(19-8-10-20(11-9-19)28(31)32)23(25(27)30)26-21-12-7-17(2)16-18(21)3/h7-12,16,26H,4-6,13-15H2,1-3H3. The highest BCUT2D eigenvalue weighted by Gasteiger charge is 2.39. The summed E-state index contributed by atoms with van der Waals surface area (Å²) in [4.78, 5) is 38.3. The lowest BCUT2D eigenvalue weighted by Crippen LogP contribution is -2.34. The molecule has 2 aromatic rings. The second-order valence-electron chi connectivity index (χ2n) is 8.08. The van der Waals surface area contributed by atoms with Gasteiger partial charge in [0.15, 0.2) is 0 Å². The number of non-ortho nitro benzene ring substituents is 1. The van der Waals surface area contributed by atoms with Crippen molar-refractivity contribution in [1.29, 1.82) is 0 Å². The van der Waals surface area contributed by atoms with Crippen molar-refractivity contribution >= 4 is 28.8 Å². The van der Waals surface area contributed by atoms with Crippen molar-refractivity contribution in [2.75, 3.05) is 25.1 Å². The Kier molecular flexibility index (Phi) is 7.95. The molecule has 0 aromatic heterocycles. The fourth-order valence-corrected chi connectivity index (χ4v) is 3.67. The number of hydrogen-bond donors (Lipinski definition) is 1. The van der Waals surface area contributed by atoms with Crippen molar-refractivity contribution in [1.82, 2.24) is 4.90 Å². The Morgan fingerprint density at radius 2 is 1.70 bits per heavy atom. The zero-order valence-electron chi connectivity index (χ0n) is 19.2. The quantitative estimate of drug-likeness (QED) is 0.232. The van der Waals surface area contributed by atoms with Crippen LogP contribution >= 0.6 is 0 Å². The highest BCUT2D eigenvalue weighted by Crippen LogP contribution is 2.32. The Morgan fingerprint density at radius 3 is 2.33 bits per heavy atom. The molecular weight excluding hydrogens is 422 g/mol. The molecule has 1 aliphatic rings. The van der Waals surface area contributed by atoms with Crippen molar-refractivity contribution < 1.29 is 19.2 Å². The van der Waals surface area contributed by atoms with E-state index in [9.17, 15) is 19.7 Å². The van der Waals surface area contributed by atoms with Crippen LogP contribution in [-0.4, -0.2) is 41.4 Å². The first-order valence-corrected chi connectivity index (χ1v) is 11.1. The molecule has 33 heavy (non-hydrogen) atoms. The van der Waals surface area contributed by atoms with Crippen molar-refractivity contribution in [3.05, 3.63) is 75.0 Å². The number of carbonyl (C=O) groups excluding carboxylic acids is 2. The predicted molar refractivity (Wildman–Crippen MR) is 127 cm³/mol. The summed E-state index contributed by atoms with van der Waals surface area (Å²) in [5.41, 5.74) is 3.50. The van der Waals surface area contributed by atoms with Gasteiger partial charge in [0.05, 0.1) is 10.5 Å². The van der Waals surface area contributed by atoms with Crippen LogP contribution in [0.3, 0.4) is 0 Å². The van der Waals surface area contributed by atoms with E-state index < -0.39 is 16.7 Å². The minimum Gasteiger partial charge on any atom is -0.381 e. The average Bonchev–Trinajstić information content (AvgIpc) is 3.02. The Bertz CT molecular complexity index is 1080. The summed E-state index contributed by atoms with van der Waals surface area (Å²) in [6, 6.07) is 11.4. The van der Waals surface area contributed by atoms with Crippen LogP contribution in [0.15, 0.2) is 48.2 Å². The second kappa shape index (κ2) is 10.9. The number of anilines is 1. The van der Waals surface area contributed by atoms with E-state index >= 15 is 0 Å². The van der Waals surface area contributed by atoms with Crippen molar-refractivity contribution in [3.8, 4) is 0 Å². The summed E-state index contributed by atoms with van der Waals surface area (Å²) in [5, 5.41) is 14.2. The largest absolute Gasteiger partial charge is 0.381 e. The molecule has 8 nitrogen and oxygen atoms in total. The molecule has 1 heterocycles. The third-order valence-corrected chi connectivity index (χ3v) is 5.49. The lowest BCUT2D eigenvalue weighted by molar-refractivity contribution is -0.384. The minimum atomic E-state index is -0.501. The number of nitrogens with one attached hydrogen (secondary N) is 1. The zero-order valence-corrected chi connectivity index (χ0v) is 19.2. The summed E-state index contributed by atoms with van der Waals surface area (Å²) >= 11 is 0. The van der Waals surface area contributed by atoms with E-state index in [1.807, 2.05) is 32.0 Å². The van der Waals surface area contributed by atoms with Gasteiger partial charge in [-0.3, -0.25) is 24.6 Å². The molecule has 2 amide bonds. The van der Waals surface area contributed by atoms with Gasteiger partial charge in [-0.15, -0.1) is 0 Å². The van der Waals surface area contributed by atoms with Crippen LogP contribution in [0.2, 0.25) is 0 Å². The van der Waals surface area contributed by atoms with Crippen LogP contribution < -0.4 is 5.32 Å². The third-order valence-electron chi connectivity index (χ3n) is 5.49. The number of nitro groups is 1. The third kappa shape index (κ3) is 5.64. The Morgan fingerprint density at radius 1 is 1.00 bits per heavy atom. The lowest BCUT2D eigenvalue weighted by atomic mass is 10.0. The van der Waals surface area contributed by atoms with Gasteiger partial charge in [0, 0.05) is 37.6 Å². The second-order valence-corrected chi connectivity index (χ2v) is 8.08. The molecule has 3 rings (SSSR count). The van der Waals surface area contributed by atoms with Gasteiger partial charge in [-0.2, -0.15) is 0 Å². The van der Waals surface area contributed by atoms with Crippen LogP contribution in [0.5, 0.6) is 0 Å². The number of benzene rings is 2. The number of unbranched alkanes of at least 4 members (excludes halogenated alkanes) is 1. The molecule has 174 valence electrons. The molecule has 2 aromatic carbocycles. The van der Waals surface area contributed by atoms with Crippen LogP contribution in [0.4, 0.5) is 11.4 Å². The Hall–Kier alpha value is -3.52. The van der Waals surface area contributed by atoms with E-state index in [2.05, 4.69) is 12.2 Å². The number of imide groups is 1. The summed E-state index contributed by atoms with van der Waals surface area (Å²) in [5.74, 6) is -0.837. The monoisotopic (exact) mass is 451 g/mol. The van der Waals surface area contributed by atoms with Gasteiger partial charge in [0.1, 0.15) is 5.70 Å². The van der Waals surface area contributed by atoms with E-state index in [0.717, 1.165) is 29.7 Å². The van der Waals surface area contributed by atoms with E-state index in [4.69, 9.17) is 4.74 Å². The highest BCUT2D eigenvalue weighted by molar-refractivity contribution is 6.36. The van der Waals surface area contributed by atoms with E-state index in [1.54, 1.807) is 0 Å². The van der Waals surface area contributed by atoms with Crippen molar-refractivity contribution in [2.45, 2.75) is 40.0 Å². The molecule has 0 atom stereocenters. The topological polar surface area (TPSA) is 102 Å². The number of nitro benzene ring substituents is 1. The fourth-order valence-electron chi connectivity index (χ4n) is 3.67. The summed E-state index contributed by atoms with van der Waals surface area (Å²) < 4.78 is 5.56. The van der Waals surface area contributed by atoms with Crippen LogP contribution in [0.25, 0.3) is 5.57 Å². The number of carbonyl (C=O) groups is 2. The molecule has 0 unspecified atom stereocenters. The molecular formula is C25H29N3O5. The van der Waals surface area contributed by atoms with E-state index in [0.29, 0.717) is 25.2 Å². The molecule has 8 heteroatoms. The number of ether oxygens (including phenoxy) is 1. The zero-order chi connectivity index (χ0) is 24.0. The van der Waals surface area contributed by atoms with Gasteiger partial charge in [0.2, 0.25) is 0 Å². The fraction of sp³-hybridized carbons (Fsp3) is 0.360. The minimum absolute atomic E-state index is 0.0823. The van der Waals surface area contributed by atoms with Crippen LogP contribution in [0.1, 0.15) is 42.9 Å². The summed E-state index contributed by atoms with van der Waals surface area (Å²) in [7, 11) is 0. The van der Waals surface area contributed by atoms with Gasteiger partial charge in [-0.05, 0) is 56.0 Å². The molecule has 1 aliphatic heterocycles. The van der Waals surface area contributed by atoms with Gasteiger partial charge in [0.25, 0.3) is 17.5 Å². The Balaban J connectivity index is 1.88. The highest BCUT2D eigenvalue weighted by atomic mass is 16.6. The predicted octanol–water partition coefficient (Wildman–Crippen LogP) is 4.61. The number of nitrogens with zero attached hydrogens (tertiary/aromatic N) is 2. The molecule has 0 saturated carbocycles. The number of amides is 2. The molecule has 0 saturated heterocycles. The first-order chi connectivity index (χ1) is 15.8. The van der Waals surface area contributed by atoms with E-state index in [-0.39, 0.29) is 23.5 Å². The maximum atomic E-state index is 13.3. The van der Waals surface area contributed by atoms with Gasteiger partial charge in [-0.25, -0.2) is 0 Å². The number of aryl methyl sites for hydroxylation is 2. The van der Waals surface area contributed by atoms with Gasteiger partial charge in [-0.1, -0.05) is 31.0 Å². The normalized spacial score (nSPS) is 13.7. The molecule has 0 spiro atoms. The molecule has 0 radical (unpaired) electrons. The van der Waals surface area contributed by atoms with Crippen LogP contribution in [0, 0.1) is 24.0 Å². The average molecular weight is 452 g/mol. The number of rotatable bonds is 11. The maximum absolute atomic E-state index is 13.3. The molecule has 1 N–H and O–H groups in total. The van der Waals surface area contributed by atoms with Gasteiger partial charge < -0.3 is 10.1 Å². The first-order valence-electron chi connectivity index (χ1n) is 11.1. The van der Waals surface area contributed by atoms with Crippen molar-refractivity contribution in [2.24, 2.45) is 0 Å². The molecule has 0 aliphatic carbocycles. The Labute approximate surface area is 193 Å². The van der Waals surface area contributed by atoms with Crippen LogP contribution in [-0.2, 0) is 14.3 Å². The SMILES string of the molecule is CCCCOCCCN1C(=O)C(Nc2ccc(C)cc2C)=C(c2ccc([N+](=O)[O-])cc2)C1=O.